The number of carbonyl (C=O) groups is 2. The third-order valence-electron chi connectivity index (χ3n) is 3.94. The SMILES string of the molecule is CCOC(=O)c1ccccc1NC(=O)Cn1ccc2cc(C)ccc21. The Morgan fingerprint density at radius 2 is 1.92 bits per heavy atom. The molecule has 0 radical (unpaired) electrons. The monoisotopic (exact) mass is 336 g/mol. The van der Waals surface area contributed by atoms with Crippen molar-refractivity contribution in [1.82, 2.24) is 4.57 Å². The van der Waals surface area contributed by atoms with Gasteiger partial charge in [-0.3, -0.25) is 4.79 Å². The van der Waals surface area contributed by atoms with Gasteiger partial charge in [0.05, 0.1) is 17.9 Å². The van der Waals surface area contributed by atoms with Gasteiger partial charge in [0.15, 0.2) is 0 Å². The van der Waals surface area contributed by atoms with Crippen molar-refractivity contribution in [3.8, 4) is 0 Å². The number of anilines is 1. The van der Waals surface area contributed by atoms with E-state index in [2.05, 4.69) is 11.4 Å². The van der Waals surface area contributed by atoms with Crippen molar-refractivity contribution < 1.29 is 14.3 Å². The third kappa shape index (κ3) is 3.71. The van der Waals surface area contributed by atoms with Gasteiger partial charge in [-0.15, -0.1) is 0 Å². The molecule has 0 spiro atoms. The van der Waals surface area contributed by atoms with Crippen LogP contribution in [0.25, 0.3) is 10.9 Å². The number of amides is 1. The van der Waals surface area contributed by atoms with Crippen LogP contribution < -0.4 is 5.32 Å². The first-order valence-electron chi connectivity index (χ1n) is 8.20. The average molecular weight is 336 g/mol. The molecule has 25 heavy (non-hydrogen) atoms. The Hall–Kier alpha value is -3.08. The Balaban J connectivity index is 1.78. The van der Waals surface area contributed by atoms with E-state index in [-0.39, 0.29) is 19.1 Å². The number of ether oxygens (including phenoxy) is 1. The number of esters is 1. The molecule has 5 nitrogen and oxygen atoms in total. The molecule has 3 rings (SSSR count). The molecule has 1 heterocycles. The maximum atomic E-state index is 12.4. The summed E-state index contributed by atoms with van der Waals surface area (Å²) >= 11 is 0. The van der Waals surface area contributed by atoms with E-state index in [1.54, 1.807) is 31.2 Å². The number of fused-ring (bicyclic) bond motifs is 1. The smallest absolute Gasteiger partial charge is 0.340 e. The number of benzene rings is 2. The van der Waals surface area contributed by atoms with Crippen molar-refractivity contribution in [2.24, 2.45) is 0 Å². The summed E-state index contributed by atoms with van der Waals surface area (Å²) in [5.74, 6) is -0.643. The fourth-order valence-corrected chi connectivity index (χ4v) is 2.78. The largest absolute Gasteiger partial charge is 0.462 e. The fourth-order valence-electron chi connectivity index (χ4n) is 2.78. The molecule has 1 aromatic heterocycles. The number of hydrogen-bond donors (Lipinski definition) is 1. The van der Waals surface area contributed by atoms with Crippen LogP contribution in [0.1, 0.15) is 22.8 Å². The molecule has 3 aromatic rings. The summed E-state index contributed by atoms with van der Waals surface area (Å²) < 4.78 is 6.92. The maximum Gasteiger partial charge on any atom is 0.340 e. The third-order valence-corrected chi connectivity index (χ3v) is 3.94. The highest BCUT2D eigenvalue weighted by Gasteiger charge is 2.14. The normalized spacial score (nSPS) is 10.6. The zero-order valence-electron chi connectivity index (χ0n) is 14.3. The zero-order valence-corrected chi connectivity index (χ0v) is 14.3. The van der Waals surface area contributed by atoms with Crippen LogP contribution in [0.5, 0.6) is 0 Å². The van der Waals surface area contributed by atoms with Crippen LogP contribution >= 0.6 is 0 Å². The van der Waals surface area contributed by atoms with Crippen LogP contribution in [0, 0.1) is 6.92 Å². The van der Waals surface area contributed by atoms with Crippen LogP contribution in [-0.4, -0.2) is 23.1 Å². The molecule has 0 aliphatic heterocycles. The first kappa shape index (κ1) is 16.8. The second-order valence-electron chi connectivity index (χ2n) is 5.82. The Morgan fingerprint density at radius 1 is 1.12 bits per heavy atom. The minimum Gasteiger partial charge on any atom is -0.462 e. The molecule has 0 fully saturated rings. The number of hydrogen-bond acceptors (Lipinski definition) is 3. The van der Waals surface area contributed by atoms with E-state index in [4.69, 9.17) is 4.74 Å². The van der Waals surface area contributed by atoms with Crippen molar-refractivity contribution in [2.45, 2.75) is 20.4 Å². The van der Waals surface area contributed by atoms with E-state index >= 15 is 0 Å². The van der Waals surface area contributed by atoms with E-state index in [1.165, 1.54) is 5.56 Å². The first-order valence-corrected chi connectivity index (χ1v) is 8.20. The summed E-state index contributed by atoms with van der Waals surface area (Å²) in [6, 6.07) is 14.9. The lowest BCUT2D eigenvalue weighted by Crippen LogP contribution is -2.20. The van der Waals surface area contributed by atoms with Crippen LogP contribution in [0.4, 0.5) is 5.69 Å². The number of rotatable bonds is 5. The minimum atomic E-state index is -0.444. The van der Waals surface area contributed by atoms with Gasteiger partial charge in [-0.1, -0.05) is 23.8 Å². The molecule has 0 aliphatic carbocycles. The van der Waals surface area contributed by atoms with Crippen LogP contribution in [-0.2, 0) is 16.1 Å². The minimum absolute atomic E-state index is 0.170. The second kappa shape index (κ2) is 7.21. The molecule has 0 unspecified atom stereocenters. The summed E-state index contributed by atoms with van der Waals surface area (Å²) in [4.78, 5) is 24.4. The summed E-state index contributed by atoms with van der Waals surface area (Å²) in [5, 5.41) is 3.90. The fraction of sp³-hybridized carbons (Fsp3) is 0.200. The van der Waals surface area contributed by atoms with Gasteiger partial charge in [0, 0.05) is 11.7 Å². The molecule has 0 bridgehead atoms. The first-order chi connectivity index (χ1) is 12.1. The van der Waals surface area contributed by atoms with Crippen LogP contribution in [0.2, 0.25) is 0 Å². The van der Waals surface area contributed by atoms with Crippen molar-refractivity contribution in [3.63, 3.8) is 0 Å². The number of nitrogens with one attached hydrogen (secondary N) is 1. The number of aromatic nitrogens is 1. The molecule has 1 amide bonds. The van der Waals surface area contributed by atoms with E-state index in [9.17, 15) is 9.59 Å². The van der Waals surface area contributed by atoms with E-state index in [0.29, 0.717) is 11.3 Å². The van der Waals surface area contributed by atoms with Gasteiger partial charge in [-0.05, 0) is 49.6 Å². The van der Waals surface area contributed by atoms with Crippen molar-refractivity contribution in [3.05, 3.63) is 65.9 Å². The molecular weight excluding hydrogens is 316 g/mol. The predicted octanol–water partition coefficient (Wildman–Crippen LogP) is 3.77. The van der Waals surface area contributed by atoms with Crippen molar-refractivity contribution in [2.75, 3.05) is 11.9 Å². The molecule has 0 saturated carbocycles. The highest BCUT2D eigenvalue weighted by molar-refractivity contribution is 6.01. The Bertz CT molecular complexity index is 928. The topological polar surface area (TPSA) is 60.3 Å². The number of nitrogens with zero attached hydrogens (tertiary/aromatic N) is 1. The number of aryl methyl sites for hydroxylation is 1. The molecule has 5 heteroatoms. The molecule has 1 N–H and O–H groups in total. The van der Waals surface area contributed by atoms with E-state index < -0.39 is 5.97 Å². The lowest BCUT2D eigenvalue weighted by molar-refractivity contribution is -0.116. The Kier molecular flexibility index (Phi) is 4.84. The van der Waals surface area contributed by atoms with Gasteiger partial charge in [0.2, 0.25) is 5.91 Å². The van der Waals surface area contributed by atoms with Gasteiger partial charge in [-0.2, -0.15) is 0 Å². The molecule has 128 valence electrons. The van der Waals surface area contributed by atoms with Crippen LogP contribution in [0.15, 0.2) is 54.7 Å². The highest BCUT2D eigenvalue weighted by Crippen LogP contribution is 2.19. The van der Waals surface area contributed by atoms with Gasteiger partial charge >= 0.3 is 5.97 Å². The molecule has 0 atom stereocenters. The number of carbonyl (C=O) groups excluding carboxylic acids is 2. The van der Waals surface area contributed by atoms with E-state index in [0.717, 1.165) is 10.9 Å². The Labute approximate surface area is 146 Å². The van der Waals surface area contributed by atoms with Gasteiger partial charge in [0.25, 0.3) is 0 Å². The summed E-state index contributed by atoms with van der Waals surface area (Å²) in [5.41, 5.74) is 2.99. The summed E-state index contributed by atoms with van der Waals surface area (Å²) in [6.45, 7) is 4.24. The molecule has 0 aliphatic rings. The van der Waals surface area contributed by atoms with Crippen LogP contribution in [0.3, 0.4) is 0 Å². The van der Waals surface area contributed by atoms with Crippen molar-refractivity contribution >= 4 is 28.5 Å². The molecule has 0 saturated heterocycles. The lowest BCUT2D eigenvalue weighted by atomic mass is 10.2. The summed E-state index contributed by atoms with van der Waals surface area (Å²) in [6.07, 6.45) is 1.89. The molecular formula is C20H20N2O3. The number of para-hydroxylation sites is 1. The van der Waals surface area contributed by atoms with Gasteiger partial charge in [0.1, 0.15) is 6.54 Å². The Morgan fingerprint density at radius 3 is 2.72 bits per heavy atom. The maximum absolute atomic E-state index is 12.4. The average Bonchev–Trinajstić information content (AvgIpc) is 2.97. The van der Waals surface area contributed by atoms with Gasteiger partial charge < -0.3 is 14.6 Å². The molecule has 2 aromatic carbocycles. The predicted molar refractivity (Wildman–Crippen MR) is 97.7 cm³/mol. The quantitative estimate of drug-likeness (QED) is 0.722. The second-order valence-corrected chi connectivity index (χ2v) is 5.82. The zero-order chi connectivity index (χ0) is 17.8. The summed E-state index contributed by atoms with van der Waals surface area (Å²) in [7, 11) is 0. The van der Waals surface area contributed by atoms with Gasteiger partial charge in [-0.25, -0.2) is 4.79 Å². The lowest BCUT2D eigenvalue weighted by Gasteiger charge is -2.11. The van der Waals surface area contributed by atoms with E-state index in [1.807, 2.05) is 35.9 Å². The van der Waals surface area contributed by atoms with Crippen molar-refractivity contribution in [1.29, 1.82) is 0 Å². The standard InChI is InChI=1S/C20H20N2O3/c1-3-25-20(24)16-6-4-5-7-17(16)21-19(23)13-22-11-10-15-12-14(2)8-9-18(15)22/h4-12H,3,13H2,1-2H3,(H,21,23). The highest BCUT2D eigenvalue weighted by atomic mass is 16.5.